The minimum Gasteiger partial charge on any atom is -0.390 e. The molecule has 1 saturated carbocycles. The Morgan fingerprint density at radius 1 is 0.929 bits per heavy atom. The lowest BCUT2D eigenvalue weighted by Crippen LogP contribution is -2.55. The van der Waals surface area contributed by atoms with Crippen LogP contribution in [0.2, 0.25) is 0 Å². The minimum atomic E-state index is -0.513. The van der Waals surface area contributed by atoms with Gasteiger partial charge in [-0.05, 0) is 52.6 Å². The molecule has 1 N–H and O–H groups in total. The van der Waals surface area contributed by atoms with E-state index in [0.29, 0.717) is 0 Å². The Morgan fingerprint density at radius 3 is 1.79 bits per heavy atom. The monoisotopic (exact) mass is 199 g/mol. The van der Waals surface area contributed by atoms with Crippen LogP contribution in [0.1, 0.15) is 47.0 Å². The number of hydrogen-bond donors (Lipinski definition) is 1. The van der Waals surface area contributed by atoms with Crippen molar-refractivity contribution >= 4 is 0 Å². The molecule has 0 aromatic rings. The first-order chi connectivity index (χ1) is 6.06. The number of hydrogen-bond acceptors (Lipinski definition) is 2. The largest absolute Gasteiger partial charge is 0.390 e. The maximum absolute atomic E-state index is 10.3. The van der Waals surface area contributed by atoms with Gasteiger partial charge in [0.1, 0.15) is 0 Å². The first kappa shape index (κ1) is 12.0. The van der Waals surface area contributed by atoms with Crippen LogP contribution in [-0.2, 0) is 0 Å². The maximum atomic E-state index is 10.3. The van der Waals surface area contributed by atoms with E-state index >= 15 is 0 Å². The third kappa shape index (κ3) is 2.48. The van der Waals surface area contributed by atoms with Gasteiger partial charge in [0.15, 0.2) is 0 Å². The molecule has 14 heavy (non-hydrogen) atoms. The molecule has 84 valence electrons. The molecule has 1 rings (SSSR count). The van der Waals surface area contributed by atoms with Crippen LogP contribution in [-0.4, -0.2) is 35.2 Å². The molecule has 0 saturated heterocycles. The van der Waals surface area contributed by atoms with E-state index in [2.05, 4.69) is 39.8 Å². The molecular weight excluding hydrogens is 174 g/mol. The van der Waals surface area contributed by atoms with Crippen molar-refractivity contribution in [3.8, 4) is 0 Å². The van der Waals surface area contributed by atoms with E-state index in [1.54, 1.807) is 0 Å². The second kappa shape index (κ2) is 3.21. The topological polar surface area (TPSA) is 23.5 Å². The molecule has 0 heterocycles. The molecule has 1 fully saturated rings. The summed E-state index contributed by atoms with van der Waals surface area (Å²) in [5, 5.41) is 10.3. The summed E-state index contributed by atoms with van der Waals surface area (Å²) in [7, 11) is 4.22. The lowest BCUT2D eigenvalue weighted by atomic mass is 9.62. The second-order valence-electron chi connectivity index (χ2n) is 6.58. The molecular formula is C12H25NO. The Bertz CT molecular complexity index is 202. The van der Waals surface area contributed by atoms with Crippen LogP contribution in [0.15, 0.2) is 0 Å². The van der Waals surface area contributed by atoms with Gasteiger partial charge in [0.2, 0.25) is 0 Å². The van der Waals surface area contributed by atoms with Gasteiger partial charge < -0.3 is 10.0 Å². The highest BCUT2D eigenvalue weighted by atomic mass is 16.3. The number of rotatable bonds is 1. The molecule has 0 aliphatic heterocycles. The third-order valence-electron chi connectivity index (χ3n) is 3.56. The van der Waals surface area contributed by atoms with Crippen LogP contribution in [0.25, 0.3) is 0 Å². The SMILES string of the molecule is CN(C)C1(C)CC(C)(C)CC(C)(O)C1. The van der Waals surface area contributed by atoms with Crippen molar-refractivity contribution in [2.24, 2.45) is 5.41 Å². The molecule has 0 amide bonds. The lowest BCUT2D eigenvalue weighted by molar-refractivity contribution is -0.0874. The van der Waals surface area contributed by atoms with Gasteiger partial charge in [-0.2, -0.15) is 0 Å². The quantitative estimate of drug-likeness (QED) is 0.700. The van der Waals surface area contributed by atoms with Gasteiger partial charge in [-0.3, -0.25) is 0 Å². The zero-order valence-corrected chi connectivity index (χ0v) is 10.5. The molecule has 0 radical (unpaired) electrons. The lowest BCUT2D eigenvalue weighted by Gasteiger charge is -2.52. The van der Waals surface area contributed by atoms with Crippen LogP contribution in [0, 0.1) is 5.41 Å². The summed E-state index contributed by atoms with van der Waals surface area (Å²) in [5.41, 5.74) is -0.146. The van der Waals surface area contributed by atoms with Crippen LogP contribution in [0.4, 0.5) is 0 Å². The van der Waals surface area contributed by atoms with Crippen molar-refractivity contribution in [1.82, 2.24) is 4.90 Å². The first-order valence-corrected chi connectivity index (χ1v) is 5.46. The van der Waals surface area contributed by atoms with Crippen molar-refractivity contribution in [2.45, 2.75) is 58.1 Å². The van der Waals surface area contributed by atoms with Crippen LogP contribution in [0.5, 0.6) is 0 Å². The normalized spacial score (nSPS) is 42.9. The Labute approximate surface area is 88.3 Å². The molecule has 2 atom stereocenters. The summed E-state index contributed by atoms with van der Waals surface area (Å²) in [6, 6.07) is 0. The Hall–Kier alpha value is -0.0800. The summed E-state index contributed by atoms with van der Waals surface area (Å²) < 4.78 is 0. The van der Waals surface area contributed by atoms with E-state index < -0.39 is 5.60 Å². The predicted molar refractivity (Wildman–Crippen MR) is 60.3 cm³/mol. The smallest absolute Gasteiger partial charge is 0.0642 e. The maximum Gasteiger partial charge on any atom is 0.0642 e. The summed E-state index contributed by atoms with van der Waals surface area (Å²) in [6.45, 7) is 8.72. The van der Waals surface area contributed by atoms with Crippen LogP contribution < -0.4 is 0 Å². The van der Waals surface area contributed by atoms with Gasteiger partial charge in [-0.25, -0.2) is 0 Å². The summed E-state index contributed by atoms with van der Waals surface area (Å²) in [6.07, 6.45) is 2.93. The Morgan fingerprint density at radius 2 is 1.43 bits per heavy atom. The fourth-order valence-corrected chi connectivity index (χ4v) is 3.39. The molecule has 1 aliphatic carbocycles. The molecule has 2 heteroatoms. The van der Waals surface area contributed by atoms with Crippen molar-refractivity contribution in [2.75, 3.05) is 14.1 Å². The Balaban J connectivity index is 2.92. The van der Waals surface area contributed by atoms with Gasteiger partial charge in [0, 0.05) is 5.54 Å². The van der Waals surface area contributed by atoms with Crippen molar-refractivity contribution < 1.29 is 5.11 Å². The van der Waals surface area contributed by atoms with E-state index in [4.69, 9.17) is 0 Å². The van der Waals surface area contributed by atoms with E-state index in [1.807, 2.05) is 6.92 Å². The number of nitrogens with zero attached hydrogens (tertiary/aromatic N) is 1. The van der Waals surface area contributed by atoms with Crippen molar-refractivity contribution in [1.29, 1.82) is 0 Å². The van der Waals surface area contributed by atoms with Crippen molar-refractivity contribution in [3.05, 3.63) is 0 Å². The van der Waals surface area contributed by atoms with Gasteiger partial charge >= 0.3 is 0 Å². The van der Waals surface area contributed by atoms with Gasteiger partial charge in [-0.15, -0.1) is 0 Å². The van der Waals surface area contributed by atoms with E-state index in [0.717, 1.165) is 19.3 Å². The molecule has 0 bridgehead atoms. The fraction of sp³-hybridized carbons (Fsp3) is 1.00. The molecule has 0 spiro atoms. The predicted octanol–water partition coefficient (Wildman–Crippen LogP) is 2.27. The second-order valence-corrected chi connectivity index (χ2v) is 6.58. The molecule has 0 aromatic carbocycles. The van der Waals surface area contributed by atoms with Gasteiger partial charge in [0.25, 0.3) is 0 Å². The molecule has 1 aliphatic rings. The molecule has 0 aromatic heterocycles. The highest BCUT2D eigenvalue weighted by Gasteiger charge is 2.47. The summed E-state index contributed by atoms with van der Waals surface area (Å²) >= 11 is 0. The van der Waals surface area contributed by atoms with Gasteiger partial charge in [-0.1, -0.05) is 13.8 Å². The standard InChI is InChI=1S/C12H25NO/c1-10(2)7-11(3,13(5)6)9-12(4,14)8-10/h14H,7-9H2,1-6H3. The summed E-state index contributed by atoms with van der Waals surface area (Å²) in [4.78, 5) is 2.25. The third-order valence-corrected chi connectivity index (χ3v) is 3.56. The molecule has 2 nitrogen and oxygen atoms in total. The van der Waals surface area contributed by atoms with Crippen LogP contribution in [0.3, 0.4) is 0 Å². The highest BCUT2D eigenvalue weighted by Crippen LogP contribution is 2.47. The molecule has 2 unspecified atom stereocenters. The van der Waals surface area contributed by atoms with E-state index in [-0.39, 0.29) is 11.0 Å². The van der Waals surface area contributed by atoms with E-state index in [9.17, 15) is 5.11 Å². The fourth-order valence-electron chi connectivity index (χ4n) is 3.39. The Kier molecular flexibility index (Phi) is 2.75. The average Bonchev–Trinajstić information content (AvgIpc) is 1.76. The van der Waals surface area contributed by atoms with E-state index in [1.165, 1.54) is 0 Å². The van der Waals surface area contributed by atoms with Gasteiger partial charge in [0.05, 0.1) is 5.60 Å². The highest BCUT2D eigenvalue weighted by molar-refractivity contribution is 5.01. The zero-order valence-electron chi connectivity index (χ0n) is 10.5. The summed E-state index contributed by atoms with van der Waals surface area (Å²) in [5.74, 6) is 0. The average molecular weight is 199 g/mol. The van der Waals surface area contributed by atoms with Crippen LogP contribution >= 0.6 is 0 Å². The first-order valence-electron chi connectivity index (χ1n) is 5.46. The zero-order chi connectivity index (χ0) is 11.2. The van der Waals surface area contributed by atoms with Crippen molar-refractivity contribution in [3.63, 3.8) is 0 Å². The number of aliphatic hydroxyl groups is 1. The minimum absolute atomic E-state index is 0.130.